The zero-order chi connectivity index (χ0) is 16.5. The maximum atomic E-state index is 11.7. The first-order chi connectivity index (χ1) is 11.1. The standard InChI is InChI=1S/C17H15ClN2O3/c18-15-4-1-13(2-5-15)3-6-16(21)23-12-11-20-17(22)14-7-9-19-10-8-14/h1-10H,11-12H2,(H,20,22)/b6-3+. The quantitative estimate of drug-likeness (QED) is 0.502. The number of amides is 1. The predicted molar refractivity (Wildman–Crippen MR) is 88.0 cm³/mol. The largest absolute Gasteiger partial charge is 0.461 e. The Labute approximate surface area is 138 Å². The van der Waals surface area contributed by atoms with Gasteiger partial charge in [-0.3, -0.25) is 9.78 Å². The molecule has 5 nitrogen and oxygen atoms in total. The van der Waals surface area contributed by atoms with Crippen LogP contribution in [0.3, 0.4) is 0 Å². The first-order valence-electron chi connectivity index (χ1n) is 6.94. The molecule has 0 aliphatic rings. The molecule has 0 saturated heterocycles. The SMILES string of the molecule is O=C(/C=C/c1ccc(Cl)cc1)OCCNC(=O)c1ccncc1. The van der Waals surface area contributed by atoms with Crippen LogP contribution in [-0.2, 0) is 9.53 Å². The number of aromatic nitrogens is 1. The highest BCUT2D eigenvalue weighted by atomic mass is 35.5. The first kappa shape index (κ1) is 16.7. The van der Waals surface area contributed by atoms with Crippen LogP contribution in [0.4, 0.5) is 0 Å². The lowest BCUT2D eigenvalue weighted by Gasteiger charge is -2.05. The molecule has 0 aliphatic carbocycles. The van der Waals surface area contributed by atoms with E-state index in [4.69, 9.17) is 16.3 Å². The summed E-state index contributed by atoms with van der Waals surface area (Å²) in [5.74, 6) is -0.710. The van der Waals surface area contributed by atoms with Gasteiger partial charge in [0, 0.05) is 29.1 Å². The van der Waals surface area contributed by atoms with Crippen molar-refractivity contribution in [3.05, 3.63) is 71.0 Å². The fourth-order valence-corrected chi connectivity index (χ4v) is 1.83. The molecular formula is C17H15ClN2O3. The Morgan fingerprint density at radius 3 is 2.52 bits per heavy atom. The lowest BCUT2D eigenvalue weighted by atomic mass is 10.2. The minimum Gasteiger partial charge on any atom is -0.461 e. The Morgan fingerprint density at radius 1 is 1.13 bits per heavy atom. The summed E-state index contributed by atoms with van der Waals surface area (Å²) in [6, 6.07) is 10.3. The first-order valence-corrected chi connectivity index (χ1v) is 7.31. The van der Waals surface area contributed by atoms with Crippen LogP contribution in [0.1, 0.15) is 15.9 Å². The summed E-state index contributed by atoms with van der Waals surface area (Å²) >= 11 is 5.78. The molecule has 0 spiro atoms. The van der Waals surface area contributed by atoms with Gasteiger partial charge in [0.1, 0.15) is 6.61 Å². The minimum atomic E-state index is -0.474. The molecule has 0 unspecified atom stereocenters. The van der Waals surface area contributed by atoms with Gasteiger partial charge >= 0.3 is 5.97 Å². The van der Waals surface area contributed by atoms with Gasteiger partial charge in [-0.1, -0.05) is 23.7 Å². The van der Waals surface area contributed by atoms with Crippen LogP contribution in [0.5, 0.6) is 0 Å². The Hall–Kier alpha value is -2.66. The number of nitrogens with zero attached hydrogens (tertiary/aromatic N) is 1. The molecular weight excluding hydrogens is 316 g/mol. The Bertz CT molecular complexity index is 685. The molecule has 1 N–H and O–H groups in total. The molecule has 0 radical (unpaired) electrons. The number of halogens is 1. The lowest BCUT2D eigenvalue weighted by Crippen LogP contribution is -2.27. The fourth-order valence-electron chi connectivity index (χ4n) is 1.71. The van der Waals surface area contributed by atoms with Crippen molar-refractivity contribution >= 4 is 29.6 Å². The predicted octanol–water partition coefficient (Wildman–Crippen LogP) is 2.72. The van der Waals surface area contributed by atoms with Gasteiger partial charge in [0.25, 0.3) is 5.91 Å². The second kappa shape index (κ2) is 8.70. The summed E-state index contributed by atoms with van der Waals surface area (Å²) < 4.78 is 4.99. The highest BCUT2D eigenvalue weighted by molar-refractivity contribution is 6.30. The maximum Gasteiger partial charge on any atom is 0.330 e. The molecule has 2 rings (SSSR count). The molecule has 0 bridgehead atoms. The molecule has 0 fully saturated rings. The molecule has 1 aromatic carbocycles. The number of carbonyl (C=O) groups excluding carboxylic acids is 2. The average Bonchev–Trinajstić information content (AvgIpc) is 2.59. The Morgan fingerprint density at radius 2 is 1.83 bits per heavy atom. The summed E-state index contributed by atoms with van der Waals surface area (Å²) in [5, 5.41) is 3.29. The van der Waals surface area contributed by atoms with Crippen molar-refractivity contribution < 1.29 is 14.3 Å². The maximum absolute atomic E-state index is 11.7. The van der Waals surface area contributed by atoms with Crippen molar-refractivity contribution in [2.24, 2.45) is 0 Å². The second-order valence-electron chi connectivity index (χ2n) is 4.54. The van der Waals surface area contributed by atoms with Crippen LogP contribution >= 0.6 is 11.6 Å². The van der Waals surface area contributed by atoms with E-state index in [9.17, 15) is 9.59 Å². The summed E-state index contributed by atoms with van der Waals surface area (Å²) in [4.78, 5) is 27.1. The van der Waals surface area contributed by atoms with Gasteiger partial charge in [-0.2, -0.15) is 0 Å². The van der Waals surface area contributed by atoms with Gasteiger partial charge in [-0.15, -0.1) is 0 Å². The number of rotatable bonds is 6. The number of esters is 1. The summed E-state index contributed by atoms with van der Waals surface area (Å²) in [6.45, 7) is 0.336. The Kier molecular flexibility index (Phi) is 6.32. The van der Waals surface area contributed by atoms with E-state index in [2.05, 4.69) is 10.3 Å². The van der Waals surface area contributed by atoms with Gasteiger partial charge in [0.15, 0.2) is 0 Å². The average molecular weight is 331 g/mol. The third-order valence-electron chi connectivity index (χ3n) is 2.86. The van der Waals surface area contributed by atoms with E-state index in [0.717, 1.165) is 5.56 Å². The van der Waals surface area contributed by atoms with E-state index in [0.29, 0.717) is 10.6 Å². The van der Waals surface area contributed by atoms with E-state index < -0.39 is 5.97 Å². The highest BCUT2D eigenvalue weighted by Crippen LogP contribution is 2.10. The normalized spacial score (nSPS) is 10.5. The second-order valence-corrected chi connectivity index (χ2v) is 4.98. The summed E-state index contributed by atoms with van der Waals surface area (Å²) in [6.07, 6.45) is 6.04. The molecule has 6 heteroatoms. The zero-order valence-electron chi connectivity index (χ0n) is 12.2. The molecule has 118 valence electrons. The van der Waals surface area contributed by atoms with E-state index in [1.165, 1.54) is 18.5 Å². The van der Waals surface area contributed by atoms with Crippen LogP contribution in [0.2, 0.25) is 5.02 Å². The van der Waals surface area contributed by atoms with Crippen molar-refractivity contribution in [3.63, 3.8) is 0 Å². The van der Waals surface area contributed by atoms with Crippen LogP contribution in [0.25, 0.3) is 6.08 Å². The van der Waals surface area contributed by atoms with Gasteiger partial charge in [-0.25, -0.2) is 4.79 Å². The number of pyridine rings is 1. The minimum absolute atomic E-state index is 0.0978. The van der Waals surface area contributed by atoms with E-state index >= 15 is 0 Å². The number of carbonyl (C=O) groups is 2. The van der Waals surface area contributed by atoms with E-state index in [-0.39, 0.29) is 19.1 Å². The third kappa shape index (κ3) is 5.92. The smallest absolute Gasteiger partial charge is 0.330 e. The van der Waals surface area contributed by atoms with Crippen molar-refractivity contribution in [2.45, 2.75) is 0 Å². The van der Waals surface area contributed by atoms with Crippen LogP contribution in [0.15, 0.2) is 54.9 Å². The van der Waals surface area contributed by atoms with Gasteiger partial charge in [0.05, 0.1) is 6.54 Å². The van der Waals surface area contributed by atoms with Crippen LogP contribution in [0, 0.1) is 0 Å². The molecule has 0 atom stereocenters. The summed E-state index contributed by atoms with van der Waals surface area (Å²) in [7, 11) is 0. The molecule has 23 heavy (non-hydrogen) atoms. The number of hydrogen-bond acceptors (Lipinski definition) is 4. The van der Waals surface area contributed by atoms with Crippen LogP contribution in [-0.4, -0.2) is 30.0 Å². The summed E-state index contributed by atoms with van der Waals surface area (Å²) in [5.41, 5.74) is 1.35. The van der Waals surface area contributed by atoms with Crippen molar-refractivity contribution in [3.8, 4) is 0 Å². The molecule has 1 aromatic heterocycles. The molecule has 1 amide bonds. The number of nitrogens with one attached hydrogen (secondary N) is 1. The van der Waals surface area contributed by atoms with E-state index in [1.807, 2.05) is 0 Å². The van der Waals surface area contributed by atoms with Crippen LogP contribution < -0.4 is 5.32 Å². The molecule has 2 aromatic rings. The monoisotopic (exact) mass is 330 g/mol. The van der Waals surface area contributed by atoms with Gasteiger partial charge < -0.3 is 10.1 Å². The van der Waals surface area contributed by atoms with Crippen molar-refractivity contribution in [2.75, 3.05) is 13.2 Å². The third-order valence-corrected chi connectivity index (χ3v) is 3.11. The van der Waals surface area contributed by atoms with Crippen molar-refractivity contribution in [1.29, 1.82) is 0 Å². The van der Waals surface area contributed by atoms with Crippen molar-refractivity contribution in [1.82, 2.24) is 10.3 Å². The number of ether oxygens (including phenoxy) is 1. The zero-order valence-corrected chi connectivity index (χ0v) is 13.0. The molecule has 0 saturated carbocycles. The lowest BCUT2D eigenvalue weighted by molar-refractivity contribution is -0.137. The molecule has 0 aliphatic heterocycles. The van der Waals surface area contributed by atoms with Gasteiger partial charge in [0.2, 0.25) is 0 Å². The number of benzene rings is 1. The Balaban J connectivity index is 1.69. The fraction of sp³-hybridized carbons (Fsp3) is 0.118. The topological polar surface area (TPSA) is 68.3 Å². The molecule has 1 heterocycles. The van der Waals surface area contributed by atoms with Gasteiger partial charge in [-0.05, 0) is 35.9 Å². The van der Waals surface area contributed by atoms with E-state index in [1.54, 1.807) is 42.5 Å². The number of hydrogen-bond donors (Lipinski definition) is 1. The highest BCUT2D eigenvalue weighted by Gasteiger charge is 2.04.